The molecular formula is C27H23N2NaO5S. The zero-order valence-electron chi connectivity index (χ0n) is 20.7. The monoisotopic (exact) mass is 510 g/mol. The quantitative estimate of drug-likeness (QED) is 0.198. The number of methoxy groups -OCH3 is 2. The fourth-order valence-electron chi connectivity index (χ4n) is 3.89. The van der Waals surface area contributed by atoms with E-state index in [4.69, 9.17) is 9.47 Å². The van der Waals surface area contributed by atoms with E-state index in [1.807, 2.05) is 19.9 Å². The number of aliphatic carboxylic acids is 1. The molecule has 0 amide bonds. The molecule has 0 aliphatic rings. The van der Waals surface area contributed by atoms with E-state index in [2.05, 4.69) is 8.75 Å². The van der Waals surface area contributed by atoms with Crippen molar-refractivity contribution in [1.29, 1.82) is 0 Å². The summed E-state index contributed by atoms with van der Waals surface area (Å²) in [6.07, 6.45) is 0.0444. The Morgan fingerprint density at radius 1 is 0.833 bits per heavy atom. The number of hydrogen-bond acceptors (Lipinski definition) is 8. The maximum atomic E-state index is 13.8. The predicted molar refractivity (Wildman–Crippen MR) is 133 cm³/mol. The molecule has 9 heteroatoms. The molecule has 0 aliphatic carbocycles. The van der Waals surface area contributed by atoms with E-state index < -0.39 is 11.8 Å². The molecule has 1 heterocycles. The Labute approximate surface area is 235 Å². The van der Waals surface area contributed by atoms with Crippen LogP contribution in [0.25, 0.3) is 16.6 Å². The van der Waals surface area contributed by atoms with Gasteiger partial charge >= 0.3 is 29.6 Å². The Morgan fingerprint density at radius 3 is 2.19 bits per heavy atom. The second-order valence-corrected chi connectivity index (χ2v) is 8.63. The van der Waals surface area contributed by atoms with E-state index in [-0.39, 0.29) is 47.1 Å². The number of carboxylic acid groups (broad SMARTS) is 1. The van der Waals surface area contributed by atoms with E-state index in [1.54, 1.807) is 48.5 Å². The molecular weight excluding hydrogens is 487 g/mol. The van der Waals surface area contributed by atoms with Gasteiger partial charge in [0.15, 0.2) is 17.3 Å². The fraction of sp³-hybridized carbons (Fsp3) is 0.185. The number of fused-ring (bicyclic) bond motifs is 1. The van der Waals surface area contributed by atoms with Crippen LogP contribution in [0.5, 0.6) is 11.5 Å². The minimum atomic E-state index is -1.44. The molecule has 3 aromatic carbocycles. The summed E-state index contributed by atoms with van der Waals surface area (Å²) in [6.45, 7) is 3.86. The van der Waals surface area contributed by atoms with Crippen LogP contribution in [-0.4, -0.2) is 34.7 Å². The molecule has 0 saturated carbocycles. The van der Waals surface area contributed by atoms with E-state index in [0.717, 1.165) is 22.9 Å². The average molecular weight is 511 g/mol. The maximum Gasteiger partial charge on any atom is 1.00 e. The zero-order chi connectivity index (χ0) is 25.1. The summed E-state index contributed by atoms with van der Waals surface area (Å²) in [6, 6.07) is 15.5. The summed E-state index contributed by atoms with van der Waals surface area (Å²) in [5.41, 5.74) is 4.51. The minimum Gasteiger partial charge on any atom is -0.545 e. The maximum absolute atomic E-state index is 13.8. The third-order valence-electron chi connectivity index (χ3n) is 5.92. The third-order valence-corrected chi connectivity index (χ3v) is 6.48. The summed E-state index contributed by atoms with van der Waals surface area (Å²) < 4.78 is 19.1. The van der Waals surface area contributed by atoms with E-state index in [1.165, 1.54) is 14.2 Å². The van der Waals surface area contributed by atoms with Crippen LogP contribution in [0.4, 0.5) is 0 Å². The van der Waals surface area contributed by atoms with E-state index in [9.17, 15) is 14.7 Å². The molecule has 0 aliphatic heterocycles. The van der Waals surface area contributed by atoms with Crippen molar-refractivity contribution >= 4 is 40.1 Å². The minimum absolute atomic E-state index is 0. The standard InChI is InChI=1S/C27H24N2O5S.Na/c1-15-5-7-19(11-16(15)2)26(30)20(12-17-6-10-23(33-3)24(13-17)34-4)25(27(31)32)18-8-9-21-22(14-18)29-35-28-21;/h5-11,13-14H,12H2,1-4H3,(H,31,32);/q;+1/p-1. The van der Waals surface area contributed by atoms with Crippen molar-refractivity contribution in [3.05, 3.63) is 88.0 Å². The van der Waals surface area contributed by atoms with Gasteiger partial charge in [-0.2, -0.15) is 8.75 Å². The van der Waals surface area contributed by atoms with Gasteiger partial charge in [0.1, 0.15) is 11.0 Å². The first kappa shape index (κ1) is 27.5. The molecule has 7 nitrogen and oxygen atoms in total. The van der Waals surface area contributed by atoms with Gasteiger partial charge in [0.25, 0.3) is 0 Å². The molecule has 0 spiro atoms. The molecule has 0 saturated heterocycles. The number of nitrogens with zero attached hydrogens (tertiary/aromatic N) is 2. The smallest absolute Gasteiger partial charge is 0.545 e. The van der Waals surface area contributed by atoms with Crippen molar-refractivity contribution in [3.63, 3.8) is 0 Å². The number of aryl methyl sites for hydroxylation is 2. The van der Waals surface area contributed by atoms with Crippen molar-refractivity contribution in [1.82, 2.24) is 8.75 Å². The van der Waals surface area contributed by atoms with Crippen molar-refractivity contribution < 1.29 is 53.7 Å². The number of carbonyl (C=O) groups excluding carboxylic acids is 2. The van der Waals surface area contributed by atoms with Gasteiger partial charge in [-0.15, -0.1) is 0 Å². The van der Waals surface area contributed by atoms with Crippen LogP contribution < -0.4 is 44.1 Å². The van der Waals surface area contributed by atoms with Gasteiger partial charge in [-0.1, -0.05) is 24.3 Å². The van der Waals surface area contributed by atoms with Gasteiger partial charge in [-0.3, -0.25) is 4.79 Å². The number of carbonyl (C=O) groups is 2. The second kappa shape index (κ2) is 11.8. The number of rotatable bonds is 8. The van der Waals surface area contributed by atoms with Crippen LogP contribution in [0.1, 0.15) is 32.6 Å². The summed E-state index contributed by atoms with van der Waals surface area (Å²) in [5.74, 6) is -0.824. The molecule has 1 aromatic heterocycles. The number of hydrogen-bond donors (Lipinski definition) is 0. The average Bonchev–Trinajstić information content (AvgIpc) is 3.32. The molecule has 4 aromatic rings. The van der Waals surface area contributed by atoms with Crippen LogP contribution in [0.15, 0.2) is 60.2 Å². The normalized spacial score (nSPS) is 11.4. The van der Waals surface area contributed by atoms with Crippen LogP contribution in [0, 0.1) is 13.8 Å². The molecule has 0 N–H and O–H groups in total. The number of ketones is 1. The SMILES string of the molecule is COc1ccc(CC(C(=O)c2ccc(C)c(C)c2)=C(C(=O)[O-])c2ccc3nsnc3c2)cc1OC.[Na+]. The second-order valence-electron chi connectivity index (χ2n) is 8.10. The molecule has 0 unspecified atom stereocenters. The summed E-state index contributed by atoms with van der Waals surface area (Å²) in [4.78, 5) is 26.3. The van der Waals surface area contributed by atoms with Gasteiger partial charge in [-0.25, -0.2) is 0 Å². The largest absolute Gasteiger partial charge is 1.00 e. The number of ether oxygens (including phenoxy) is 2. The number of Topliss-reactive ketones (excluding diaryl/α,β-unsaturated/α-hetero) is 1. The molecule has 0 radical (unpaired) electrons. The molecule has 0 fully saturated rings. The molecule has 0 bridgehead atoms. The van der Waals surface area contributed by atoms with Crippen LogP contribution in [0.2, 0.25) is 0 Å². The Hall–Kier alpha value is -3.04. The Kier molecular flexibility index (Phi) is 9.03. The molecule has 36 heavy (non-hydrogen) atoms. The van der Waals surface area contributed by atoms with E-state index >= 15 is 0 Å². The predicted octanol–water partition coefficient (Wildman–Crippen LogP) is 0.958. The first-order valence-corrected chi connectivity index (χ1v) is 11.6. The number of benzene rings is 3. The molecule has 0 atom stereocenters. The first-order valence-electron chi connectivity index (χ1n) is 10.8. The van der Waals surface area contributed by atoms with Gasteiger partial charge in [0.05, 0.1) is 31.9 Å². The van der Waals surface area contributed by atoms with Crippen molar-refractivity contribution in [3.8, 4) is 11.5 Å². The van der Waals surface area contributed by atoms with Gasteiger partial charge < -0.3 is 19.4 Å². The Bertz CT molecular complexity index is 1480. The summed E-state index contributed by atoms with van der Waals surface area (Å²) in [7, 11) is 3.05. The fourth-order valence-corrected chi connectivity index (χ4v) is 4.40. The van der Waals surface area contributed by atoms with Crippen molar-refractivity contribution in [2.24, 2.45) is 0 Å². The van der Waals surface area contributed by atoms with Crippen LogP contribution in [0.3, 0.4) is 0 Å². The number of carboxylic acids is 1. The van der Waals surface area contributed by atoms with E-state index in [0.29, 0.717) is 39.2 Å². The Morgan fingerprint density at radius 2 is 1.53 bits per heavy atom. The molecule has 4 rings (SSSR count). The van der Waals surface area contributed by atoms with Crippen LogP contribution in [-0.2, 0) is 11.2 Å². The van der Waals surface area contributed by atoms with Crippen LogP contribution >= 0.6 is 11.7 Å². The number of aromatic nitrogens is 2. The van der Waals surface area contributed by atoms with Gasteiger partial charge in [0.2, 0.25) is 0 Å². The number of allylic oxidation sites excluding steroid dienone is 1. The topological polar surface area (TPSA) is 101 Å². The summed E-state index contributed by atoms with van der Waals surface area (Å²) in [5, 5.41) is 12.5. The first-order chi connectivity index (χ1) is 16.8. The molecule has 178 valence electrons. The Balaban J connectivity index is 0.00000361. The van der Waals surface area contributed by atoms with Crippen molar-refractivity contribution in [2.45, 2.75) is 20.3 Å². The van der Waals surface area contributed by atoms with Crippen molar-refractivity contribution in [2.75, 3.05) is 14.2 Å². The third kappa shape index (κ3) is 5.68. The van der Waals surface area contributed by atoms with Gasteiger partial charge in [-0.05, 0) is 66.4 Å². The summed E-state index contributed by atoms with van der Waals surface area (Å²) >= 11 is 1.03. The van der Waals surface area contributed by atoms with Gasteiger partial charge in [0, 0.05) is 23.1 Å². The zero-order valence-corrected chi connectivity index (χ0v) is 23.6.